The molecule has 0 saturated carbocycles. The second kappa shape index (κ2) is 13.2. The van der Waals surface area contributed by atoms with E-state index in [-0.39, 0.29) is 5.56 Å². The summed E-state index contributed by atoms with van der Waals surface area (Å²) in [5, 5.41) is 9.35. The van der Waals surface area contributed by atoms with Crippen molar-refractivity contribution in [1.82, 2.24) is 4.98 Å². The molecule has 1 heterocycles. The van der Waals surface area contributed by atoms with E-state index in [1.54, 1.807) is 14.0 Å². The van der Waals surface area contributed by atoms with Crippen molar-refractivity contribution in [3.8, 4) is 5.75 Å². The number of pyridine rings is 1. The maximum Gasteiger partial charge on any atom is 0.335 e. The average molecular weight is 440 g/mol. The van der Waals surface area contributed by atoms with E-state index >= 15 is 0 Å². The van der Waals surface area contributed by atoms with E-state index in [9.17, 15) is 4.79 Å². The van der Waals surface area contributed by atoms with Crippen molar-refractivity contribution in [1.29, 1.82) is 0 Å². The van der Waals surface area contributed by atoms with Crippen molar-refractivity contribution in [3.63, 3.8) is 0 Å². The third kappa shape index (κ3) is 9.06. The summed E-state index contributed by atoms with van der Waals surface area (Å²) in [5.74, 6) is -0.0695. The Morgan fingerprint density at radius 2 is 1.71 bits per heavy atom. The van der Waals surface area contributed by atoms with Crippen molar-refractivity contribution < 1.29 is 14.6 Å². The minimum atomic E-state index is -0.945. The predicted molar refractivity (Wildman–Crippen MR) is 129 cm³/mol. The summed E-state index contributed by atoms with van der Waals surface area (Å²) in [6, 6.07) is 17.0. The summed E-state index contributed by atoms with van der Waals surface area (Å²) in [6.45, 7) is 11.8. The van der Waals surface area contributed by atoms with Gasteiger partial charge in [0.1, 0.15) is 5.75 Å². The number of aromatic carboxylic acids is 1. The van der Waals surface area contributed by atoms with Crippen molar-refractivity contribution in [2.45, 2.75) is 34.1 Å². The first-order valence-electron chi connectivity index (χ1n) is 9.89. The van der Waals surface area contributed by atoms with Crippen LogP contribution in [0, 0.1) is 13.8 Å². The lowest BCUT2D eigenvalue weighted by Crippen LogP contribution is -1.97. The van der Waals surface area contributed by atoms with E-state index in [2.05, 4.69) is 56.6 Å². The number of carboxylic acid groups (broad SMARTS) is 1. The summed E-state index contributed by atoms with van der Waals surface area (Å²) < 4.78 is 5.13. The number of allylic oxidation sites excluding steroid dienone is 1. The number of ether oxygens (including phenoxy) is 1. The highest BCUT2D eigenvalue weighted by molar-refractivity contribution is 6.30. The van der Waals surface area contributed by atoms with Crippen LogP contribution in [0.15, 0.2) is 67.4 Å². The average Bonchev–Trinajstić information content (AvgIpc) is 2.76. The number of benzene rings is 2. The Balaban J connectivity index is 0.000000237. The smallest absolute Gasteiger partial charge is 0.335 e. The number of carboxylic acids is 1. The molecule has 0 amide bonds. The van der Waals surface area contributed by atoms with E-state index in [0.29, 0.717) is 5.69 Å². The van der Waals surface area contributed by atoms with E-state index in [4.69, 9.17) is 21.4 Å². The zero-order valence-corrected chi connectivity index (χ0v) is 19.5. The Morgan fingerprint density at radius 1 is 1.10 bits per heavy atom. The number of aromatic nitrogens is 1. The first-order valence-corrected chi connectivity index (χ1v) is 10.3. The normalized spacial score (nSPS) is 9.48. The molecule has 0 atom stereocenters. The lowest BCUT2D eigenvalue weighted by Gasteiger charge is -2.05. The highest BCUT2D eigenvalue weighted by Crippen LogP contribution is 2.23. The summed E-state index contributed by atoms with van der Waals surface area (Å²) in [5.41, 5.74) is 5.55. The summed E-state index contributed by atoms with van der Waals surface area (Å²) in [7, 11) is 1.66. The van der Waals surface area contributed by atoms with Gasteiger partial charge in [-0.2, -0.15) is 0 Å². The zero-order valence-electron chi connectivity index (χ0n) is 18.8. The van der Waals surface area contributed by atoms with Gasteiger partial charge in [0.05, 0.1) is 18.4 Å². The Kier molecular flexibility index (Phi) is 11.1. The lowest BCUT2D eigenvalue weighted by atomic mass is 10.1. The first kappa shape index (κ1) is 25.9. The minimum Gasteiger partial charge on any atom is -0.496 e. The van der Waals surface area contributed by atoms with Crippen LogP contribution < -0.4 is 4.74 Å². The number of hydrogen-bond acceptors (Lipinski definition) is 3. The Bertz CT molecular complexity index is 965. The molecular weight excluding hydrogens is 410 g/mol. The molecule has 1 aromatic heterocycles. The molecule has 0 aliphatic rings. The molecule has 164 valence electrons. The monoisotopic (exact) mass is 439 g/mol. The molecule has 4 nitrogen and oxygen atoms in total. The van der Waals surface area contributed by atoms with Crippen LogP contribution >= 0.6 is 11.6 Å². The molecule has 0 bridgehead atoms. The van der Waals surface area contributed by atoms with Gasteiger partial charge in [0.25, 0.3) is 0 Å². The van der Waals surface area contributed by atoms with Gasteiger partial charge in [-0.1, -0.05) is 55.4 Å². The lowest BCUT2D eigenvalue weighted by molar-refractivity contribution is 0.0696. The fraction of sp³-hybridized carbons (Fsp3) is 0.231. The zero-order chi connectivity index (χ0) is 23.4. The van der Waals surface area contributed by atoms with Crippen molar-refractivity contribution in [2.24, 2.45) is 0 Å². The van der Waals surface area contributed by atoms with Crippen LogP contribution in [0.4, 0.5) is 0 Å². The molecule has 0 aliphatic heterocycles. The van der Waals surface area contributed by atoms with Gasteiger partial charge in [0.2, 0.25) is 0 Å². The van der Waals surface area contributed by atoms with E-state index in [1.807, 2.05) is 18.2 Å². The number of aryl methyl sites for hydroxylation is 3. The summed E-state index contributed by atoms with van der Waals surface area (Å²) >= 11 is 5.77. The molecular formula is C26H30ClNO3. The van der Waals surface area contributed by atoms with Crippen LogP contribution in [0.3, 0.4) is 0 Å². The minimum absolute atomic E-state index is 0.239. The number of carbonyl (C=O) groups is 1. The standard InChI is InChI=1S/C9H11ClO.C9H9NO2.C8H10/c1-3-7-4-5-8(10)6-9(7)11-2;1-6(2)8-5-7(9(11)12)3-4-10-8;1-7-5-3-4-6-8(7)2/h4-6H,3H2,1-2H3;3-5H,1H2,2H3,(H,11,12);3-6H,1-2H3. The predicted octanol–water partition coefficient (Wildman–Crippen LogP) is 7.03. The molecule has 0 aliphatic carbocycles. The fourth-order valence-electron chi connectivity index (χ4n) is 2.47. The van der Waals surface area contributed by atoms with Gasteiger partial charge in [-0.15, -0.1) is 0 Å². The second-order valence-corrected chi connectivity index (χ2v) is 7.35. The Morgan fingerprint density at radius 3 is 2.16 bits per heavy atom. The van der Waals surface area contributed by atoms with Crippen molar-refractivity contribution >= 4 is 23.1 Å². The molecule has 31 heavy (non-hydrogen) atoms. The SMILES string of the molecule is C=C(C)c1cc(C(=O)O)ccn1.CCc1ccc(Cl)cc1OC.Cc1ccccc1C. The summed E-state index contributed by atoms with van der Waals surface area (Å²) in [6.07, 6.45) is 2.44. The molecule has 0 saturated heterocycles. The van der Waals surface area contributed by atoms with Gasteiger partial charge in [-0.3, -0.25) is 4.98 Å². The molecule has 3 aromatic rings. The molecule has 0 unspecified atom stereocenters. The van der Waals surface area contributed by atoms with Crippen LogP contribution in [-0.2, 0) is 6.42 Å². The molecule has 1 N–H and O–H groups in total. The van der Waals surface area contributed by atoms with Crippen LogP contribution in [0.2, 0.25) is 5.02 Å². The molecule has 0 spiro atoms. The van der Waals surface area contributed by atoms with Crippen LogP contribution in [0.1, 0.15) is 46.6 Å². The number of rotatable bonds is 4. The van der Waals surface area contributed by atoms with Gasteiger partial charge in [-0.05, 0) is 73.7 Å². The number of methoxy groups -OCH3 is 1. The Labute approximate surface area is 190 Å². The second-order valence-electron chi connectivity index (χ2n) is 6.91. The number of nitrogens with zero attached hydrogens (tertiary/aromatic N) is 1. The fourth-order valence-corrected chi connectivity index (χ4v) is 2.63. The quantitative estimate of drug-likeness (QED) is 0.474. The molecule has 3 rings (SSSR count). The van der Waals surface area contributed by atoms with Gasteiger partial charge in [0, 0.05) is 11.2 Å². The van der Waals surface area contributed by atoms with Crippen LogP contribution in [0.25, 0.3) is 5.57 Å². The molecule has 0 fully saturated rings. The third-order valence-corrected chi connectivity index (χ3v) is 4.73. The van der Waals surface area contributed by atoms with Gasteiger partial charge in [-0.25, -0.2) is 4.79 Å². The van der Waals surface area contributed by atoms with Crippen LogP contribution in [0.5, 0.6) is 5.75 Å². The topological polar surface area (TPSA) is 59.4 Å². The van der Waals surface area contributed by atoms with E-state index in [1.165, 1.54) is 35.0 Å². The highest BCUT2D eigenvalue weighted by Gasteiger charge is 2.03. The van der Waals surface area contributed by atoms with Gasteiger partial charge in [0.15, 0.2) is 0 Å². The van der Waals surface area contributed by atoms with Gasteiger partial charge < -0.3 is 9.84 Å². The van der Waals surface area contributed by atoms with Crippen molar-refractivity contribution in [2.75, 3.05) is 7.11 Å². The van der Waals surface area contributed by atoms with E-state index in [0.717, 1.165) is 22.8 Å². The van der Waals surface area contributed by atoms with Crippen LogP contribution in [-0.4, -0.2) is 23.2 Å². The maximum absolute atomic E-state index is 10.5. The van der Waals surface area contributed by atoms with Gasteiger partial charge >= 0.3 is 5.97 Å². The number of halogens is 1. The molecule has 0 radical (unpaired) electrons. The highest BCUT2D eigenvalue weighted by atomic mass is 35.5. The Hall–Kier alpha value is -3.11. The molecule has 5 heteroatoms. The molecule has 2 aromatic carbocycles. The maximum atomic E-state index is 10.5. The summed E-state index contributed by atoms with van der Waals surface area (Å²) in [4.78, 5) is 14.5. The third-order valence-electron chi connectivity index (χ3n) is 4.50. The number of hydrogen-bond donors (Lipinski definition) is 1. The van der Waals surface area contributed by atoms with Crippen molar-refractivity contribution in [3.05, 3.63) is 100 Å². The van der Waals surface area contributed by atoms with E-state index < -0.39 is 5.97 Å². The largest absolute Gasteiger partial charge is 0.496 e. The first-order chi connectivity index (χ1) is 14.7.